The number of benzene rings is 2. The van der Waals surface area contributed by atoms with Crippen LogP contribution in [0.1, 0.15) is 18.1 Å². The number of hydrogen-bond acceptors (Lipinski definition) is 4. The van der Waals surface area contributed by atoms with Gasteiger partial charge in [0.05, 0.1) is 11.6 Å². The molecule has 1 saturated heterocycles. The number of hydrogen-bond donors (Lipinski definition) is 0. The molecule has 0 bridgehead atoms. The molecule has 0 spiro atoms. The van der Waals surface area contributed by atoms with Crippen molar-refractivity contribution >= 4 is 17.5 Å². The van der Waals surface area contributed by atoms with Crippen molar-refractivity contribution in [2.24, 2.45) is 0 Å². The molecular weight excluding hydrogens is 362 g/mol. The second kappa shape index (κ2) is 8.90. The van der Waals surface area contributed by atoms with Gasteiger partial charge in [0.25, 0.3) is 5.91 Å². The van der Waals surface area contributed by atoms with E-state index >= 15 is 0 Å². The summed E-state index contributed by atoms with van der Waals surface area (Å²) < 4.78 is 5.74. The van der Waals surface area contributed by atoms with Crippen LogP contribution in [0.2, 0.25) is 5.02 Å². The Morgan fingerprint density at radius 1 is 1.11 bits per heavy atom. The third-order valence-electron chi connectivity index (χ3n) is 4.65. The van der Waals surface area contributed by atoms with Gasteiger partial charge in [0, 0.05) is 37.7 Å². The molecule has 27 heavy (non-hydrogen) atoms. The Bertz CT molecular complexity index is 807. The third kappa shape index (κ3) is 5.22. The van der Waals surface area contributed by atoms with Gasteiger partial charge in [-0.15, -0.1) is 0 Å². The van der Waals surface area contributed by atoms with E-state index in [4.69, 9.17) is 21.6 Å². The van der Waals surface area contributed by atoms with E-state index in [1.54, 1.807) is 31.2 Å². The molecule has 0 unspecified atom stereocenters. The van der Waals surface area contributed by atoms with E-state index in [1.807, 2.05) is 29.2 Å². The molecule has 2 aromatic carbocycles. The highest BCUT2D eigenvalue weighted by molar-refractivity contribution is 6.30. The first-order valence-electron chi connectivity index (χ1n) is 8.97. The topological polar surface area (TPSA) is 56.6 Å². The fraction of sp³-hybridized carbons (Fsp3) is 0.333. The summed E-state index contributed by atoms with van der Waals surface area (Å²) >= 11 is 5.87. The first-order chi connectivity index (χ1) is 13.0. The van der Waals surface area contributed by atoms with Gasteiger partial charge in [-0.2, -0.15) is 5.26 Å². The predicted octanol–water partition coefficient (Wildman–Crippen LogP) is 3.32. The predicted molar refractivity (Wildman–Crippen MR) is 105 cm³/mol. The minimum Gasteiger partial charge on any atom is -0.481 e. The van der Waals surface area contributed by atoms with Gasteiger partial charge in [-0.25, -0.2) is 0 Å². The van der Waals surface area contributed by atoms with Crippen molar-refractivity contribution in [1.82, 2.24) is 9.80 Å². The molecule has 2 aromatic rings. The van der Waals surface area contributed by atoms with Gasteiger partial charge in [-0.1, -0.05) is 23.7 Å². The van der Waals surface area contributed by atoms with Crippen LogP contribution in [0.3, 0.4) is 0 Å². The van der Waals surface area contributed by atoms with E-state index in [1.165, 1.54) is 5.56 Å². The molecule has 6 heteroatoms. The summed E-state index contributed by atoms with van der Waals surface area (Å²) in [6, 6.07) is 16.8. The fourth-order valence-corrected chi connectivity index (χ4v) is 3.22. The number of ether oxygens (including phenoxy) is 1. The van der Waals surface area contributed by atoms with E-state index in [9.17, 15) is 4.79 Å². The molecular formula is C21H22ClN3O2. The Morgan fingerprint density at radius 3 is 2.33 bits per heavy atom. The van der Waals surface area contributed by atoms with E-state index in [2.05, 4.69) is 11.0 Å². The standard InChI is InChI=1S/C21H22ClN3O2/c1-16(27-20-8-6-19(22)7-9-20)21(26)25-12-10-24(11-13-25)15-18-4-2-17(14-23)3-5-18/h2-9,16H,10-13,15H2,1H3/t16-/m0/s1. The molecule has 0 saturated carbocycles. The van der Waals surface area contributed by atoms with Gasteiger partial charge in [-0.3, -0.25) is 9.69 Å². The summed E-state index contributed by atoms with van der Waals surface area (Å²) in [6.07, 6.45) is -0.531. The average molecular weight is 384 g/mol. The zero-order valence-corrected chi connectivity index (χ0v) is 16.0. The van der Waals surface area contributed by atoms with E-state index in [-0.39, 0.29) is 5.91 Å². The van der Waals surface area contributed by atoms with Gasteiger partial charge in [0.15, 0.2) is 6.10 Å². The summed E-state index contributed by atoms with van der Waals surface area (Å²) in [5, 5.41) is 9.51. The number of nitrogens with zero attached hydrogens (tertiary/aromatic N) is 3. The van der Waals surface area contributed by atoms with Crippen LogP contribution in [0.5, 0.6) is 5.75 Å². The van der Waals surface area contributed by atoms with Crippen LogP contribution in [0.4, 0.5) is 0 Å². The number of carbonyl (C=O) groups is 1. The maximum absolute atomic E-state index is 12.6. The minimum absolute atomic E-state index is 0.00275. The van der Waals surface area contributed by atoms with Crippen LogP contribution in [-0.2, 0) is 11.3 Å². The van der Waals surface area contributed by atoms with E-state index in [0.29, 0.717) is 29.4 Å². The Labute approximate surface area is 164 Å². The van der Waals surface area contributed by atoms with Crippen molar-refractivity contribution in [3.8, 4) is 11.8 Å². The maximum Gasteiger partial charge on any atom is 0.263 e. The van der Waals surface area contributed by atoms with Crippen LogP contribution < -0.4 is 4.74 Å². The van der Waals surface area contributed by atoms with Crippen molar-refractivity contribution in [2.45, 2.75) is 19.6 Å². The van der Waals surface area contributed by atoms with Gasteiger partial charge < -0.3 is 9.64 Å². The molecule has 1 fully saturated rings. The molecule has 1 aliphatic heterocycles. The molecule has 0 aromatic heterocycles. The number of carbonyl (C=O) groups excluding carboxylic acids is 1. The quantitative estimate of drug-likeness (QED) is 0.794. The molecule has 140 valence electrons. The number of halogens is 1. The fourth-order valence-electron chi connectivity index (χ4n) is 3.09. The zero-order chi connectivity index (χ0) is 19.2. The van der Waals surface area contributed by atoms with Crippen LogP contribution in [0, 0.1) is 11.3 Å². The summed E-state index contributed by atoms with van der Waals surface area (Å²) in [6.45, 7) is 5.61. The monoisotopic (exact) mass is 383 g/mol. The average Bonchev–Trinajstić information content (AvgIpc) is 2.70. The summed E-state index contributed by atoms with van der Waals surface area (Å²) in [5.74, 6) is 0.641. The van der Waals surface area contributed by atoms with Crippen LogP contribution in [0.25, 0.3) is 0 Å². The Morgan fingerprint density at radius 2 is 1.74 bits per heavy atom. The maximum atomic E-state index is 12.6. The molecule has 1 atom stereocenters. The van der Waals surface area contributed by atoms with Gasteiger partial charge in [0.1, 0.15) is 5.75 Å². The van der Waals surface area contributed by atoms with Crippen molar-refractivity contribution < 1.29 is 9.53 Å². The molecule has 0 N–H and O–H groups in total. The second-order valence-electron chi connectivity index (χ2n) is 6.62. The van der Waals surface area contributed by atoms with Crippen molar-refractivity contribution in [1.29, 1.82) is 5.26 Å². The van der Waals surface area contributed by atoms with Crippen molar-refractivity contribution in [3.05, 3.63) is 64.7 Å². The SMILES string of the molecule is C[C@H](Oc1ccc(Cl)cc1)C(=O)N1CCN(Cc2ccc(C#N)cc2)CC1. The van der Waals surface area contributed by atoms with Gasteiger partial charge in [0.2, 0.25) is 0 Å². The number of piperazine rings is 1. The lowest BCUT2D eigenvalue weighted by Gasteiger charge is -2.35. The van der Waals surface area contributed by atoms with Crippen LogP contribution in [-0.4, -0.2) is 48.0 Å². The number of amides is 1. The van der Waals surface area contributed by atoms with Crippen molar-refractivity contribution in [2.75, 3.05) is 26.2 Å². The normalized spacial score (nSPS) is 15.8. The summed E-state index contributed by atoms with van der Waals surface area (Å²) in [4.78, 5) is 16.8. The lowest BCUT2D eigenvalue weighted by atomic mass is 10.1. The third-order valence-corrected chi connectivity index (χ3v) is 4.90. The Hall–Kier alpha value is -2.55. The molecule has 5 nitrogen and oxygen atoms in total. The Kier molecular flexibility index (Phi) is 6.33. The summed E-state index contributed by atoms with van der Waals surface area (Å²) in [5.41, 5.74) is 1.84. The van der Waals surface area contributed by atoms with Gasteiger partial charge in [-0.05, 0) is 48.9 Å². The number of nitriles is 1. The molecule has 1 aliphatic rings. The molecule has 0 radical (unpaired) electrons. The lowest BCUT2D eigenvalue weighted by molar-refractivity contribution is -0.139. The zero-order valence-electron chi connectivity index (χ0n) is 15.3. The highest BCUT2D eigenvalue weighted by atomic mass is 35.5. The highest BCUT2D eigenvalue weighted by Crippen LogP contribution is 2.18. The second-order valence-corrected chi connectivity index (χ2v) is 7.06. The van der Waals surface area contributed by atoms with E-state index in [0.717, 1.165) is 19.6 Å². The van der Waals surface area contributed by atoms with E-state index < -0.39 is 6.10 Å². The molecule has 1 heterocycles. The molecule has 0 aliphatic carbocycles. The lowest BCUT2D eigenvalue weighted by Crippen LogP contribution is -2.51. The van der Waals surface area contributed by atoms with Crippen LogP contribution >= 0.6 is 11.6 Å². The molecule has 3 rings (SSSR count). The number of rotatable bonds is 5. The smallest absolute Gasteiger partial charge is 0.263 e. The molecule has 1 amide bonds. The van der Waals surface area contributed by atoms with Gasteiger partial charge >= 0.3 is 0 Å². The minimum atomic E-state index is -0.531. The summed E-state index contributed by atoms with van der Waals surface area (Å²) in [7, 11) is 0. The Balaban J connectivity index is 1.48. The first-order valence-corrected chi connectivity index (χ1v) is 9.35. The highest BCUT2D eigenvalue weighted by Gasteiger charge is 2.26. The van der Waals surface area contributed by atoms with Crippen molar-refractivity contribution in [3.63, 3.8) is 0 Å². The van der Waals surface area contributed by atoms with Crippen LogP contribution in [0.15, 0.2) is 48.5 Å². The largest absolute Gasteiger partial charge is 0.481 e. The first kappa shape index (κ1) is 19.2.